The minimum atomic E-state index is 0.592. The first-order valence-corrected chi connectivity index (χ1v) is 17.7. The summed E-state index contributed by atoms with van der Waals surface area (Å²) in [6.07, 6.45) is 25.0. The largest absolute Gasteiger partial charge is 0.381 e. The third-order valence-electron chi connectivity index (χ3n) is 7.30. The number of hydrogen-bond donors (Lipinski definition) is 0. The van der Waals surface area contributed by atoms with Crippen LogP contribution in [0.15, 0.2) is 22.6 Å². The van der Waals surface area contributed by atoms with Crippen LogP contribution in [0.25, 0.3) is 0 Å². The molecule has 2 aliphatic rings. The van der Waals surface area contributed by atoms with Crippen molar-refractivity contribution in [3.05, 3.63) is 22.6 Å². The normalized spacial score (nSPS) is 20.6. The van der Waals surface area contributed by atoms with E-state index in [1.54, 1.807) is 35.6 Å². The first-order valence-electron chi connectivity index (χ1n) is 15.2. The fourth-order valence-corrected chi connectivity index (χ4v) is 6.54. The molecule has 1 aliphatic heterocycles. The summed E-state index contributed by atoms with van der Waals surface area (Å²) in [6, 6.07) is 0. The molecule has 0 radical (unpaired) electrons. The summed E-state index contributed by atoms with van der Waals surface area (Å²) in [5, 5.41) is 0. The molecule has 0 bridgehead atoms. The highest BCUT2D eigenvalue weighted by Crippen LogP contribution is 2.47. The molecule has 1 heterocycles. The average molecular weight is 571 g/mol. The van der Waals surface area contributed by atoms with E-state index in [0.29, 0.717) is 12.0 Å². The molecule has 2 rings (SSSR count). The summed E-state index contributed by atoms with van der Waals surface area (Å²) in [5.74, 6) is 3.25. The number of hydrogen-bond acceptors (Lipinski definition) is 4. The van der Waals surface area contributed by atoms with E-state index < -0.39 is 0 Å². The highest BCUT2D eigenvalue weighted by molar-refractivity contribution is 8.78. The lowest BCUT2D eigenvalue weighted by atomic mass is 9.78. The second-order valence-electron chi connectivity index (χ2n) is 10.7. The van der Waals surface area contributed by atoms with Crippen LogP contribution in [0.1, 0.15) is 133 Å². The molecule has 1 saturated carbocycles. The monoisotopic (exact) mass is 570 g/mol. The molecule has 0 aromatic rings. The molecule has 2 unspecified atom stereocenters. The van der Waals surface area contributed by atoms with Gasteiger partial charge in [0.15, 0.2) is 0 Å². The van der Waals surface area contributed by atoms with Crippen LogP contribution in [0.3, 0.4) is 0 Å². The molecule has 0 spiro atoms. The lowest BCUT2D eigenvalue weighted by Crippen LogP contribution is -2.41. The van der Waals surface area contributed by atoms with Gasteiger partial charge in [0, 0.05) is 17.4 Å². The predicted octanol–water partition coefficient (Wildman–Crippen LogP) is 11.8. The van der Waals surface area contributed by atoms with Gasteiger partial charge < -0.3 is 9.47 Å². The third-order valence-corrected chi connectivity index (χ3v) is 9.23. The van der Waals surface area contributed by atoms with E-state index in [1.165, 1.54) is 74.7 Å². The third kappa shape index (κ3) is 20.5. The number of methoxy groups -OCH3 is 1. The first kappa shape index (κ1) is 42.1. The Balaban J connectivity index is -0.000000448. The Morgan fingerprint density at radius 2 is 1.63 bits per heavy atom. The van der Waals surface area contributed by atoms with E-state index in [1.807, 2.05) is 19.9 Å². The highest BCUT2D eigenvalue weighted by Gasteiger charge is 2.35. The van der Waals surface area contributed by atoms with Crippen LogP contribution in [0, 0.1) is 29.1 Å². The van der Waals surface area contributed by atoms with Crippen molar-refractivity contribution in [2.45, 2.75) is 133 Å². The van der Waals surface area contributed by atoms with Crippen LogP contribution in [0.2, 0.25) is 0 Å². The van der Waals surface area contributed by atoms with Gasteiger partial charge in [-0.25, -0.2) is 0 Å². The van der Waals surface area contributed by atoms with Crippen LogP contribution in [0.4, 0.5) is 0 Å². The zero-order valence-electron chi connectivity index (χ0n) is 27.6. The van der Waals surface area contributed by atoms with Crippen LogP contribution in [-0.2, 0) is 9.47 Å². The second-order valence-corrected chi connectivity index (χ2v) is 13.1. The quantitative estimate of drug-likeness (QED) is 0.132. The van der Waals surface area contributed by atoms with Gasteiger partial charge >= 0.3 is 0 Å². The smallest absolute Gasteiger partial charge is 0.0647 e. The van der Waals surface area contributed by atoms with Gasteiger partial charge in [0.25, 0.3) is 0 Å². The Morgan fingerprint density at radius 1 is 1.05 bits per heavy atom. The van der Waals surface area contributed by atoms with Crippen molar-refractivity contribution in [1.82, 2.24) is 0 Å². The van der Waals surface area contributed by atoms with E-state index in [9.17, 15) is 0 Å². The lowest BCUT2D eigenvalue weighted by Gasteiger charge is -2.40. The zero-order valence-corrected chi connectivity index (χ0v) is 29.3. The van der Waals surface area contributed by atoms with Gasteiger partial charge in [-0.3, -0.25) is 0 Å². The van der Waals surface area contributed by atoms with Gasteiger partial charge in [0.05, 0.1) is 19.8 Å². The minimum Gasteiger partial charge on any atom is -0.381 e. The van der Waals surface area contributed by atoms with Crippen molar-refractivity contribution in [2.75, 3.05) is 33.2 Å². The maximum atomic E-state index is 5.18. The molecule has 1 saturated heterocycles. The molecule has 38 heavy (non-hydrogen) atoms. The molecule has 0 amide bonds. The van der Waals surface area contributed by atoms with Gasteiger partial charge in [0.1, 0.15) is 0 Å². The SMILES string of the molecule is C#CC.CC.CCCC1(CC)COC1.CCCCC1(CC)CCC(C)C1.COC/C=C\C(SSC)=C(C)C. The fraction of sp³-hybridized carbons (Fsp3) is 0.824. The lowest BCUT2D eigenvalue weighted by molar-refractivity contribution is -0.119. The topological polar surface area (TPSA) is 18.5 Å². The van der Waals surface area contributed by atoms with E-state index in [0.717, 1.165) is 24.5 Å². The predicted molar refractivity (Wildman–Crippen MR) is 180 cm³/mol. The Morgan fingerprint density at radius 3 is 1.92 bits per heavy atom. The number of terminal acetylenes is 1. The molecule has 226 valence electrons. The molecule has 0 aromatic carbocycles. The number of ether oxygens (including phenoxy) is 2. The summed E-state index contributed by atoms with van der Waals surface area (Å²) in [7, 11) is 5.25. The Kier molecular flexibility index (Phi) is 31.3. The average Bonchev–Trinajstić information content (AvgIpc) is 3.28. The fourth-order valence-electron chi connectivity index (χ4n) is 4.84. The number of unbranched alkanes of at least 4 members (excludes halogenated alkanes) is 1. The molecule has 0 aromatic heterocycles. The Labute approximate surface area is 248 Å². The van der Waals surface area contributed by atoms with Crippen LogP contribution in [0.5, 0.6) is 0 Å². The highest BCUT2D eigenvalue weighted by atomic mass is 33.1. The van der Waals surface area contributed by atoms with Crippen molar-refractivity contribution in [3.63, 3.8) is 0 Å². The van der Waals surface area contributed by atoms with Crippen molar-refractivity contribution in [1.29, 1.82) is 0 Å². The molecule has 2 atom stereocenters. The number of allylic oxidation sites excluding steroid dienone is 2. The maximum Gasteiger partial charge on any atom is 0.0647 e. The maximum absolute atomic E-state index is 5.18. The van der Waals surface area contributed by atoms with Crippen LogP contribution in [-0.4, -0.2) is 33.2 Å². The molecular weight excluding hydrogens is 505 g/mol. The van der Waals surface area contributed by atoms with Crippen molar-refractivity contribution in [3.8, 4) is 12.3 Å². The molecule has 2 fully saturated rings. The van der Waals surface area contributed by atoms with Crippen molar-refractivity contribution in [2.24, 2.45) is 16.7 Å². The summed E-state index contributed by atoms with van der Waals surface area (Å²) in [6.45, 7) is 24.2. The molecule has 0 N–H and O–H groups in total. The zero-order chi connectivity index (χ0) is 29.9. The van der Waals surface area contributed by atoms with E-state index in [-0.39, 0.29) is 0 Å². The van der Waals surface area contributed by atoms with Gasteiger partial charge in [-0.15, -0.1) is 12.3 Å². The summed E-state index contributed by atoms with van der Waals surface area (Å²) in [4.78, 5) is 1.32. The van der Waals surface area contributed by atoms with Crippen LogP contribution >= 0.6 is 21.6 Å². The standard InChI is InChI=1S/C12H24.C9H16OS2.C8H16O.C3H4.C2H6/c1-4-6-8-12(5-2)9-7-11(3)10-12;1-8(2)9(12-11-4)6-5-7-10-3;1-3-5-8(4-2)6-9-7-8;1-3-2;1-2/h11H,4-10H2,1-3H3;5-6H,7H2,1-4H3;3-7H2,1-2H3;1H,2H3;1-2H3/b;6-5-;;;. The van der Waals surface area contributed by atoms with E-state index >= 15 is 0 Å². The minimum absolute atomic E-state index is 0.592. The number of rotatable bonds is 12. The molecule has 2 nitrogen and oxygen atoms in total. The van der Waals surface area contributed by atoms with Gasteiger partial charge in [0.2, 0.25) is 0 Å². The Bertz CT molecular complexity index is 607. The van der Waals surface area contributed by atoms with Gasteiger partial charge in [-0.1, -0.05) is 114 Å². The molecule has 1 aliphatic carbocycles. The molecule has 4 heteroatoms. The van der Waals surface area contributed by atoms with E-state index in [2.05, 4.69) is 73.1 Å². The van der Waals surface area contributed by atoms with Crippen molar-refractivity contribution < 1.29 is 9.47 Å². The Hall–Kier alpha value is -0.340. The second kappa shape index (κ2) is 28.2. The van der Waals surface area contributed by atoms with Crippen LogP contribution < -0.4 is 0 Å². The van der Waals surface area contributed by atoms with Gasteiger partial charge in [-0.2, -0.15) is 0 Å². The van der Waals surface area contributed by atoms with Crippen molar-refractivity contribution >= 4 is 21.6 Å². The molecular formula is C34H66O2S2. The summed E-state index contributed by atoms with van der Waals surface area (Å²) < 4.78 is 10.1. The summed E-state index contributed by atoms with van der Waals surface area (Å²) >= 11 is 0. The summed E-state index contributed by atoms with van der Waals surface area (Å²) in [5.41, 5.74) is 2.70. The van der Waals surface area contributed by atoms with E-state index in [4.69, 9.17) is 9.47 Å². The van der Waals surface area contributed by atoms with Gasteiger partial charge in [-0.05, 0) is 76.5 Å². The first-order chi connectivity index (χ1) is 18.2.